The number of ether oxygens (including phenoxy) is 1. The molecule has 0 radical (unpaired) electrons. The van der Waals surface area contributed by atoms with E-state index in [0.29, 0.717) is 20.5 Å². The van der Waals surface area contributed by atoms with Crippen LogP contribution in [0.25, 0.3) is 10.6 Å². The van der Waals surface area contributed by atoms with E-state index in [1.807, 2.05) is 37.1 Å². The lowest BCUT2D eigenvalue weighted by Crippen LogP contribution is -2.37. The number of hydrogen-bond acceptors (Lipinski definition) is 7. The van der Waals surface area contributed by atoms with E-state index >= 15 is 0 Å². The first-order valence-corrected chi connectivity index (χ1v) is 12.5. The van der Waals surface area contributed by atoms with Gasteiger partial charge in [0, 0.05) is 25.1 Å². The van der Waals surface area contributed by atoms with Crippen LogP contribution in [0.1, 0.15) is 39.0 Å². The minimum absolute atomic E-state index is 0.0803. The van der Waals surface area contributed by atoms with Crippen LogP contribution in [0.5, 0.6) is 5.75 Å². The summed E-state index contributed by atoms with van der Waals surface area (Å²) < 4.78 is 8.26. The van der Waals surface area contributed by atoms with Crippen molar-refractivity contribution >= 4 is 51.0 Å². The minimum atomic E-state index is -0.0941. The lowest BCUT2D eigenvalue weighted by molar-refractivity contribution is -0.126. The molecule has 3 heterocycles. The predicted octanol–water partition coefficient (Wildman–Crippen LogP) is 2.46. The zero-order valence-electron chi connectivity index (χ0n) is 18.7. The van der Waals surface area contributed by atoms with Gasteiger partial charge in [0.15, 0.2) is 0 Å². The summed E-state index contributed by atoms with van der Waals surface area (Å²) in [7, 11) is 5.34. The van der Waals surface area contributed by atoms with Gasteiger partial charge in [-0.25, -0.2) is 5.01 Å². The molecule has 0 saturated heterocycles. The van der Waals surface area contributed by atoms with Gasteiger partial charge in [-0.2, -0.15) is 5.10 Å². The number of methoxy groups -OCH3 is 1. The zero-order chi connectivity index (χ0) is 22.6. The molecule has 0 N–H and O–H groups in total. The number of fused-ring (bicyclic) bond motifs is 1. The van der Waals surface area contributed by atoms with Crippen LogP contribution in [0.4, 0.5) is 5.69 Å². The second-order valence-corrected chi connectivity index (χ2v) is 10.4. The molecule has 0 spiro atoms. The lowest BCUT2D eigenvalue weighted by atomic mass is 9.95. The van der Waals surface area contributed by atoms with E-state index in [0.717, 1.165) is 47.0 Å². The predicted molar refractivity (Wildman–Crippen MR) is 130 cm³/mol. The summed E-state index contributed by atoms with van der Waals surface area (Å²) in [6, 6.07) is 6.07. The zero-order valence-corrected chi connectivity index (χ0v) is 20.3. The van der Waals surface area contributed by atoms with Gasteiger partial charge in [0.1, 0.15) is 20.0 Å². The van der Waals surface area contributed by atoms with Gasteiger partial charge in [-0.1, -0.05) is 31.0 Å². The minimum Gasteiger partial charge on any atom is -0.497 e. The molecule has 0 bridgehead atoms. The molecule has 0 atom stereocenters. The summed E-state index contributed by atoms with van der Waals surface area (Å²) in [5, 5.41) is 7.15. The standard InChI is InChI=1S/C23H26N4O3S2/c1-13-18(20(28)27(24-13)14-8-6-5-7-9-14)22-26(3)21(29)19(32-22)23-25(2)16-12-15(30-4)10-11-17(16)31-23/h10-12,14H,5-9H2,1-4H3/b22-18+,23-19-. The van der Waals surface area contributed by atoms with Gasteiger partial charge >= 0.3 is 0 Å². The van der Waals surface area contributed by atoms with E-state index < -0.39 is 0 Å². The second-order valence-electron chi connectivity index (χ2n) is 8.40. The summed E-state index contributed by atoms with van der Waals surface area (Å²) in [6.07, 6.45) is 5.47. The van der Waals surface area contributed by atoms with Gasteiger partial charge in [-0.05, 0) is 31.9 Å². The Morgan fingerprint density at radius 1 is 1.12 bits per heavy atom. The van der Waals surface area contributed by atoms with Crippen LogP contribution in [0.3, 0.4) is 0 Å². The highest BCUT2D eigenvalue weighted by Gasteiger charge is 2.35. The van der Waals surface area contributed by atoms with Gasteiger partial charge in [0.05, 0.1) is 30.1 Å². The van der Waals surface area contributed by atoms with E-state index in [4.69, 9.17) is 4.74 Å². The van der Waals surface area contributed by atoms with Gasteiger partial charge < -0.3 is 14.2 Å². The first-order chi connectivity index (χ1) is 15.4. The molecule has 9 heteroatoms. The Balaban J connectivity index is 1.62. The molecule has 2 aliphatic heterocycles. The van der Waals surface area contributed by atoms with Crippen molar-refractivity contribution in [2.75, 3.05) is 19.1 Å². The number of nitrogens with zero attached hydrogens (tertiary/aromatic N) is 4. The molecular formula is C23H26N4O3S2. The van der Waals surface area contributed by atoms with Crippen molar-refractivity contribution in [2.24, 2.45) is 12.1 Å². The fraction of sp³-hybridized carbons (Fsp3) is 0.435. The second kappa shape index (κ2) is 8.12. The Kier molecular flexibility index (Phi) is 5.41. The largest absolute Gasteiger partial charge is 0.497 e. The highest BCUT2D eigenvalue weighted by atomic mass is 32.2. The van der Waals surface area contributed by atoms with E-state index in [9.17, 15) is 9.59 Å². The van der Waals surface area contributed by atoms with Crippen LogP contribution in [-0.4, -0.2) is 41.4 Å². The third-order valence-corrected chi connectivity index (χ3v) is 9.02. The summed E-state index contributed by atoms with van der Waals surface area (Å²) in [6.45, 7) is 1.87. The van der Waals surface area contributed by atoms with Crippen molar-refractivity contribution < 1.29 is 9.53 Å². The number of aromatic nitrogens is 1. The summed E-state index contributed by atoms with van der Waals surface area (Å²) in [4.78, 5) is 29.7. The van der Waals surface area contributed by atoms with Crippen molar-refractivity contribution in [3.8, 4) is 5.75 Å². The highest BCUT2D eigenvalue weighted by molar-refractivity contribution is 8.08. The van der Waals surface area contributed by atoms with Crippen LogP contribution in [-0.2, 0) is 11.8 Å². The SMILES string of the molecule is COc1ccc2c(c1)N(C)/C(=c1/s/c(=C3/C(=O)N(C4CCCCC4)N=C3C)n(C)c1=O)S2. The number of thiazole rings is 1. The van der Waals surface area contributed by atoms with Crippen molar-refractivity contribution in [3.63, 3.8) is 0 Å². The van der Waals surface area contributed by atoms with Crippen LogP contribution in [0.2, 0.25) is 0 Å². The molecule has 1 amide bonds. The molecule has 32 heavy (non-hydrogen) atoms. The number of rotatable bonds is 2. The number of carbonyl (C=O) groups is 1. The first-order valence-electron chi connectivity index (χ1n) is 10.8. The lowest BCUT2D eigenvalue weighted by Gasteiger charge is -2.27. The maximum atomic E-state index is 13.4. The number of hydrogen-bond donors (Lipinski definition) is 0. The maximum absolute atomic E-state index is 13.4. The van der Waals surface area contributed by atoms with Crippen molar-refractivity contribution in [1.82, 2.24) is 9.58 Å². The highest BCUT2D eigenvalue weighted by Crippen LogP contribution is 2.46. The number of thioether (sulfide) groups is 1. The Morgan fingerprint density at radius 3 is 2.59 bits per heavy atom. The number of amides is 1. The number of carbonyl (C=O) groups excluding carboxylic acids is 1. The smallest absolute Gasteiger partial charge is 0.279 e. The molecule has 1 aliphatic carbocycles. The van der Waals surface area contributed by atoms with Crippen LogP contribution >= 0.6 is 23.1 Å². The third kappa shape index (κ3) is 3.29. The molecule has 7 nitrogen and oxygen atoms in total. The molecule has 1 aromatic carbocycles. The van der Waals surface area contributed by atoms with E-state index in [2.05, 4.69) is 5.10 Å². The van der Waals surface area contributed by atoms with Gasteiger partial charge in [-0.15, -0.1) is 11.3 Å². The summed E-state index contributed by atoms with van der Waals surface area (Å²) >= 11 is 2.94. The molecular weight excluding hydrogens is 444 g/mol. The first kappa shape index (κ1) is 21.3. The fourth-order valence-electron chi connectivity index (χ4n) is 4.61. The molecule has 5 rings (SSSR count). The summed E-state index contributed by atoms with van der Waals surface area (Å²) in [5.74, 6) is 0.697. The molecule has 1 fully saturated rings. The molecule has 0 unspecified atom stereocenters. The Hall–Kier alpha value is -2.52. The van der Waals surface area contributed by atoms with Crippen molar-refractivity contribution in [3.05, 3.63) is 37.7 Å². The molecule has 2 aromatic rings. The topological polar surface area (TPSA) is 67.1 Å². The normalized spacial score (nSPS) is 22.5. The van der Waals surface area contributed by atoms with Crippen molar-refractivity contribution in [2.45, 2.75) is 50.0 Å². The maximum Gasteiger partial charge on any atom is 0.279 e. The van der Waals surface area contributed by atoms with E-state index in [1.54, 1.807) is 35.5 Å². The average Bonchev–Trinajstić information content (AvgIpc) is 3.40. The van der Waals surface area contributed by atoms with Crippen LogP contribution in [0.15, 0.2) is 33.0 Å². The van der Waals surface area contributed by atoms with Gasteiger partial charge in [0.2, 0.25) is 0 Å². The summed E-state index contributed by atoms with van der Waals surface area (Å²) in [5.41, 5.74) is 2.15. The average molecular weight is 471 g/mol. The van der Waals surface area contributed by atoms with Gasteiger partial charge in [-0.3, -0.25) is 9.59 Å². The van der Waals surface area contributed by atoms with E-state index in [1.165, 1.54) is 17.8 Å². The number of benzene rings is 1. The Morgan fingerprint density at radius 2 is 1.88 bits per heavy atom. The van der Waals surface area contributed by atoms with Gasteiger partial charge in [0.25, 0.3) is 11.5 Å². The fourth-order valence-corrected chi connectivity index (χ4v) is 7.11. The molecule has 1 aromatic heterocycles. The monoisotopic (exact) mass is 470 g/mol. The Bertz CT molecular complexity index is 1320. The van der Waals surface area contributed by atoms with Crippen LogP contribution in [0, 0.1) is 0 Å². The number of hydrazone groups is 1. The third-order valence-electron chi connectivity index (χ3n) is 6.41. The molecule has 168 valence electrons. The Labute approximate surface area is 194 Å². The van der Waals surface area contributed by atoms with Crippen molar-refractivity contribution in [1.29, 1.82) is 0 Å². The number of anilines is 1. The van der Waals surface area contributed by atoms with Crippen LogP contribution < -0.4 is 24.4 Å². The quantitative estimate of drug-likeness (QED) is 0.675. The molecule has 1 saturated carbocycles. The van der Waals surface area contributed by atoms with E-state index in [-0.39, 0.29) is 17.5 Å². The molecule has 3 aliphatic rings.